The first-order valence-electron chi connectivity index (χ1n) is 9.58. The van der Waals surface area contributed by atoms with Gasteiger partial charge < -0.3 is 10.1 Å². The molecule has 1 saturated heterocycles. The second-order valence-corrected chi connectivity index (χ2v) is 8.08. The summed E-state index contributed by atoms with van der Waals surface area (Å²) in [5.41, 5.74) is 3.28. The van der Waals surface area contributed by atoms with E-state index in [1.165, 1.54) is 17.1 Å². The van der Waals surface area contributed by atoms with Gasteiger partial charge in [0, 0.05) is 43.2 Å². The lowest BCUT2D eigenvalue weighted by atomic mass is 10.1. The number of ether oxygens (including phenoxy) is 1. The number of amides is 1. The third-order valence-electron chi connectivity index (χ3n) is 4.65. The van der Waals surface area contributed by atoms with E-state index in [0.717, 1.165) is 36.6 Å². The summed E-state index contributed by atoms with van der Waals surface area (Å²) in [7, 11) is 0. The minimum Gasteiger partial charge on any atom is -0.494 e. The monoisotopic (exact) mass is 384 g/mol. The zero-order valence-corrected chi connectivity index (χ0v) is 16.8. The van der Waals surface area contributed by atoms with Gasteiger partial charge >= 0.3 is 0 Å². The predicted octanol–water partition coefficient (Wildman–Crippen LogP) is 4.34. The Bertz CT molecular complexity index is 730. The van der Waals surface area contributed by atoms with E-state index in [4.69, 9.17) is 4.74 Å². The quantitative estimate of drug-likeness (QED) is 0.688. The third-order valence-corrected chi connectivity index (χ3v) is 5.59. The van der Waals surface area contributed by atoms with Crippen molar-refractivity contribution in [2.24, 2.45) is 0 Å². The highest BCUT2D eigenvalue weighted by Crippen LogP contribution is 2.20. The van der Waals surface area contributed by atoms with Crippen LogP contribution in [0.1, 0.15) is 24.0 Å². The molecule has 1 heterocycles. The number of anilines is 1. The SMILES string of the molecule is Cc1ccc(CN2CCSCC2)cc1NC(=O)CCCOc1ccccc1. The van der Waals surface area contributed by atoms with Gasteiger partial charge in [-0.1, -0.05) is 30.3 Å². The molecule has 0 radical (unpaired) electrons. The summed E-state index contributed by atoms with van der Waals surface area (Å²) in [5.74, 6) is 3.31. The van der Waals surface area contributed by atoms with Crippen LogP contribution in [0.15, 0.2) is 48.5 Å². The minimum absolute atomic E-state index is 0.0429. The van der Waals surface area contributed by atoms with Crippen molar-refractivity contribution >= 4 is 23.4 Å². The van der Waals surface area contributed by atoms with Gasteiger partial charge in [-0.3, -0.25) is 9.69 Å². The number of carbonyl (C=O) groups excluding carboxylic acids is 1. The van der Waals surface area contributed by atoms with Gasteiger partial charge in [-0.25, -0.2) is 0 Å². The van der Waals surface area contributed by atoms with Gasteiger partial charge in [0.25, 0.3) is 0 Å². The van der Waals surface area contributed by atoms with Crippen molar-refractivity contribution < 1.29 is 9.53 Å². The van der Waals surface area contributed by atoms with E-state index in [2.05, 4.69) is 28.4 Å². The average molecular weight is 385 g/mol. The Morgan fingerprint density at radius 3 is 2.70 bits per heavy atom. The molecule has 2 aromatic rings. The molecule has 0 atom stereocenters. The summed E-state index contributed by atoms with van der Waals surface area (Å²) in [6, 6.07) is 16.1. The van der Waals surface area contributed by atoms with Gasteiger partial charge in [0.15, 0.2) is 0 Å². The van der Waals surface area contributed by atoms with Crippen LogP contribution in [0.25, 0.3) is 0 Å². The molecule has 0 bridgehead atoms. The molecular weight excluding hydrogens is 356 g/mol. The molecule has 144 valence electrons. The van der Waals surface area contributed by atoms with Crippen molar-refractivity contribution in [2.75, 3.05) is 36.5 Å². The first-order valence-corrected chi connectivity index (χ1v) is 10.7. The van der Waals surface area contributed by atoms with E-state index in [-0.39, 0.29) is 5.91 Å². The summed E-state index contributed by atoms with van der Waals surface area (Å²) in [4.78, 5) is 14.8. The molecule has 4 nitrogen and oxygen atoms in total. The van der Waals surface area contributed by atoms with Gasteiger partial charge in [0.1, 0.15) is 5.75 Å². The largest absolute Gasteiger partial charge is 0.494 e. The Morgan fingerprint density at radius 1 is 1.15 bits per heavy atom. The predicted molar refractivity (Wildman–Crippen MR) is 114 cm³/mol. The van der Waals surface area contributed by atoms with Crippen LogP contribution in [0.4, 0.5) is 5.69 Å². The molecule has 1 fully saturated rings. The maximum Gasteiger partial charge on any atom is 0.224 e. The molecule has 1 aliphatic rings. The average Bonchev–Trinajstić information content (AvgIpc) is 2.69. The van der Waals surface area contributed by atoms with Crippen LogP contribution in [-0.4, -0.2) is 42.0 Å². The van der Waals surface area contributed by atoms with Crippen molar-refractivity contribution in [1.29, 1.82) is 0 Å². The topological polar surface area (TPSA) is 41.6 Å². The summed E-state index contributed by atoms with van der Waals surface area (Å²) in [6.45, 7) is 5.82. The van der Waals surface area contributed by atoms with Crippen molar-refractivity contribution in [3.05, 3.63) is 59.7 Å². The molecular formula is C22H28N2O2S. The van der Waals surface area contributed by atoms with E-state index in [1.54, 1.807) is 0 Å². The lowest BCUT2D eigenvalue weighted by molar-refractivity contribution is -0.116. The molecule has 1 aliphatic heterocycles. The summed E-state index contributed by atoms with van der Waals surface area (Å²) >= 11 is 2.02. The highest BCUT2D eigenvalue weighted by Gasteiger charge is 2.12. The maximum absolute atomic E-state index is 12.3. The standard InChI is InChI=1S/C22H28N2O2S/c1-18-9-10-19(17-24-11-14-27-15-12-24)16-21(18)23-22(25)8-5-13-26-20-6-3-2-4-7-20/h2-4,6-7,9-10,16H,5,8,11-15,17H2,1H3,(H,23,25). The second kappa shape index (κ2) is 10.4. The number of nitrogens with one attached hydrogen (secondary N) is 1. The molecule has 0 aromatic heterocycles. The fourth-order valence-electron chi connectivity index (χ4n) is 3.07. The first-order chi connectivity index (χ1) is 13.2. The number of carbonyl (C=O) groups is 1. The Balaban J connectivity index is 1.45. The van der Waals surface area contributed by atoms with E-state index >= 15 is 0 Å². The Hall–Kier alpha value is -1.98. The minimum atomic E-state index is 0.0429. The molecule has 5 heteroatoms. The number of para-hydroxylation sites is 1. The molecule has 0 unspecified atom stereocenters. The van der Waals surface area contributed by atoms with Gasteiger partial charge in [0.2, 0.25) is 5.91 Å². The van der Waals surface area contributed by atoms with Gasteiger partial charge in [0.05, 0.1) is 6.61 Å². The molecule has 0 spiro atoms. The number of hydrogen-bond acceptors (Lipinski definition) is 4. The number of benzene rings is 2. The summed E-state index contributed by atoms with van der Waals surface area (Å²) in [5, 5.41) is 3.07. The van der Waals surface area contributed by atoms with E-state index in [0.29, 0.717) is 19.4 Å². The van der Waals surface area contributed by atoms with Crippen LogP contribution in [0.5, 0.6) is 5.75 Å². The number of aryl methyl sites for hydroxylation is 1. The van der Waals surface area contributed by atoms with E-state index in [9.17, 15) is 4.79 Å². The molecule has 2 aromatic carbocycles. The fraction of sp³-hybridized carbons (Fsp3) is 0.409. The number of nitrogens with zero attached hydrogens (tertiary/aromatic N) is 1. The molecule has 27 heavy (non-hydrogen) atoms. The fourth-order valence-corrected chi connectivity index (χ4v) is 4.05. The molecule has 1 N–H and O–H groups in total. The Morgan fingerprint density at radius 2 is 1.93 bits per heavy atom. The third kappa shape index (κ3) is 6.60. The van der Waals surface area contributed by atoms with Gasteiger partial charge in [-0.15, -0.1) is 0 Å². The van der Waals surface area contributed by atoms with Gasteiger partial charge in [-0.05, 0) is 42.7 Å². The number of thioether (sulfide) groups is 1. The van der Waals surface area contributed by atoms with E-state index < -0.39 is 0 Å². The smallest absolute Gasteiger partial charge is 0.224 e. The molecule has 0 saturated carbocycles. The van der Waals surface area contributed by atoms with Crippen LogP contribution < -0.4 is 10.1 Å². The van der Waals surface area contributed by atoms with Crippen LogP contribution in [0.2, 0.25) is 0 Å². The van der Waals surface area contributed by atoms with Crippen LogP contribution in [-0.2, 0) is 11.3 Å². The van der Waals surface area contributed by atoms with Gasteiger partial charge in [-0.2, -0.15) is 11.8 Å². The summed E-state index contributed by atoms with van der Waals surface area (Å²) < 4.78 is 5.65. The molecule has 3 rings (SSSR count). The highest BCUT2D eigenvalue weighted by atomic mass is 32.2. The van der Waals surface area contributed by atoms with Crippen LogP contribution >= 0.6 is 11.8 Å². The normalized spacial score (nSPS) is 14.7. The molecule has 1 amide bonds. The summed E-state index contributed by atoms with van der Waals surface area (Å²) in [6.07, 6.45) is 1.16. The van der Waals surface area contributed by atoms with Crippen LogP contribution in [0, 0.1) is 6.92 Å². The Kier molecular flexibility index (Phi) is 7.60. The van der Waals surface area contributed by atoms with E-state index in [1.807, 2.05) is 49.0 Å². The van der Waals surface area contributed by atoms with Crippen molar-refractivity contribution in [2.45, 2.75) is 26.3 Å². The van der Waals surface area contributed by atoms with Crippen LogP contribution in [0.3, 0.4) is 0 Å². The zero-order chi connectivity index (χ0) is 18.9. The number of rotatable bonds is 8. The lowest BCUT2D eigenvalue weighted by Crippen LogP contribution is -2.32. The first kappa shape index (κ1) is 19.8. The number of hydrogen-bond donors (Lipinski definition) is 1. The maximum atomic E-state index is 12.3. The van der Waals surface area contributed by atoms with Crippen molar-refractivity contribution in [3.8, 4) is 5.75 Å². The second-order valence-electron chi connectivity index (χ2n) is 6.85. The lowest BCUT2D eigenvalue weighted by Gasteiger charge is -2.26. The zero-order valence-electron chi connectivity index (χ0n) is 15.9. The molecule has 0 aliphatic carbocycles. The van der Waals surface area contributed by atoms with Crippen molar-refractivity contribution in [1.82, 2.24) is 4.90 Å². The van der Waals surface area contributed by atoms with Crippen molar-refractivity contribution in [3.63, 3.8) is 0 Å². The highest BCUT2D eigenvalue weighted by molar-refractivity contribution is 7.99. The Labute approximate surface area is 166 Å².